The van der Waals surface area contributed by atoms with Gasteiger partial charge in [0.05, 0.1) is 5.75 Å². The van der Waals surface area contributed by atoms with Gasteiger partial charge < -0.3 is 25.0 Å². The van der Waals surface area contributed by atoms with Gasteiger partial charge >= 0.3 is 12.1 Å². The topological polar surface area (TPSA) is 99.2 Å². The van der Waals surface area contributed by atoms with Gasteiger partial charge in [0.25, 0.3) is 0 Å². The van der Waals surface area contributed by atoms with E-state index < -0.39 is 18.1 Å². The fourth-order valence-electron chi connectivity index (χ4n) is 4.55. The molecule has 1 fully saturated rings. The van der Waals surface area contributed by atoms with Gasteiger partial charge in [0, 0.05) is 32.1 Å². The zero-order valence-corrected chi connectivity index (χ0v) is 20.6. The van der Waals surface area contributed by atoms with Crippen LogP contribution in [-0.2, 0) is 14.3 Å². The van der Waals surface area contributed by atoms with Crippen molar-refractivity contribution in [2.24, 2.45) is 0 Å². The maximum Gasteiger partial charge on any atom is 0.407 e. The van der Waals surface area contributed by atoms with E-state index in [2.05, 4.69) is 22.3 Å². The van der Waals surface area contributed by atoms with Crippen LogP contribution < -0.4 is 5.32 Å². The van der Waals surface area contributed by atoms with Gasteiger partial charge in [-0.2, -0.15) is 11.8 Å². The molecule has 1 saturated heterocycles. The standard InChI is InChI=1S/C26H31N3O5S/c1-28-11-13-29(14-12-28)24(30)17-35-15-10-23(25(31)32)27-26(33)34-16-22-20-8-4-2-6-18(20)19-7-3-5-9-21(19)22/h2-9,22-23H,10-17H2,1H3,(H,27,33)(H,31,32). The van der Waals surface area contributed by atoms with Crippen molar-refractivity contribution in [1.29, 1.82) is 0 Å². The summed E-state index contributed by atoms with van der Waals surface area (Å²) in [4.78, 5) is 40.5. The molecule has 9 heteroatoms. The number of nitrogens with one attached hydrogen (secondary N) is 1. The molecule has 0 saturated carbocycles. The van der Waals surface area contributed by atoms with Crippen LogP contribution in [0.25, 0.3) is 11.1 Å². The highest BCUT2D eigenvalue weighted by Gasteiger charge is 2.29. The molecule has 1 aliphatic carbocycles. The molecule has 186 valence electrons. The number of piperazine rings is 1. The summed E-state index contributed by atoms with van der Waals surface area (Å²) in [6.07, 6.45) is -0.544. The summed E-state index contributed by atoms with van der Waals surface area (Å²) in [5, 5.41) is 12.0. The Balaban J connectivity index is 1.24. The third-order valence-electron chi connectivity index (χ3n) is 6.57. The van der Waals surface area contributed by atoms with Gasteiger partial charge in [0.1, 0.15) is 12.6 Å². The van der Waals surface area contributed by atoms with Crippen LogP contribution in [0.1, 0.15) is 23.5 Å². The minimum absolute atomic E-state index is 0.0690. The number of likely N-dealkylation sites (N-methyl/N-ethyl adjacent to an activating group) is 1. The Hall–Kier alpha value is -3.04. The number of carbonyl (C=O) groups excluding carboxylic acids is 2. The fourth-order valence-corrected chi connectivity index (χ4v) is 5.45. The van der Waals surface area contributed by atoms with E-state index in [4.69, 9.17) is 4.74 Å². The Morgan fingerprint density at radius 3 is 2.23 bits per heavy atom. The highest BCUT2D eigenvalue weighted by Crippen LogP contribution is 2.44. The van der Waals surface area contributed by atoms with Crippen molar-refractivity contribution in [3.63, 3.8) is 0 Å². The first-order valence-electron chi connectivity index (χ1n) is 11.8. The molecule has 2 aromatic carbocycles. The molecule has 0 aromatic heterocycles. The second kappa shape index (κ2) is 11.6. The molecular weight excluding hydrogens is 466 g/mol. The lowest BCUT2D eigenvalue weighted by molar-refractivity contribution is -0.139. The summed E-state index contributed by atoms with van der Waals surface area (Å²) in [6, 6.07) is 15.0. The molecule has 0 spiro atoms. The molecule has 8 nitrogen and oxygen atoms in total. The smallest absolute Gasteiger partial charge is 0.407 e. The number of ether oxygens (including phenoxy) is 1. The van der Waals surface area contributed by atoms with Crippen molar-refractivity contribution in [2.45, 2.75) is 18.4 Å². The minimum atomic E-state index is -1.12. The predicted molar refractivity (Wildman–Crippen MR) is 136 cm³/mol. The number of carboxylic acids is 1. The van der Waals surface area contributed by atoms with Gasteiger partial charge in [-0.05, 0) is 41.5 Å². The molecular formula is C26H31N3O5S. The number of hydrogen-bond donors (Lipinski definition) is 2. The van der Waals surface area contributed by atoms with Gasteiger partial charge in [-0.25, -0.2) is 9.59 Å². The summed E-state index contributed by atoms with van der Waals surface area (Å²) in [5.41, 5.74) is 4.45. The van der Waals surface area contributed by atoms with E-state index in [1.54, 1.807) is 0 Å². The molecule has 1 unspecified atom stereocenters. The highest BCUT2D eigenvalue weighted by molar-refractivity contribution is 7.99. The van der Waals surface area contributed by atoms with E-state index in [9.17, 15) is 19.5 Å². The number of rotatable bonds is 9. The van der Waals surface area contributed by atoms with Gasteiger partial charge in [0.2, 0.25) is 5.91 Å². The van der Waals surface area contributed by atoms with Crippen LogP contribution in [0.3, 0.4) is 0 Å². The number of carbonyl (C=O) groups is 3. The Bertz CT molecular complexity index is 1020. The lowest BCUT2D eigenvalue weighted by Crippen LogP contribution is -2.47. The van der Waals surface area contributed by atoms with E-state index in [1.807, 2.05) is 48.3 Å². The van der Waals surface area contributed by atoms with E-state index in [0.29, 0.717) is 11.5 Å². The number of thioether (sulfide) groups is 1. The largest absolute Gasteiger partial charge is 0.480 e. The van der Waals surface area contributed by atoms with Crippen molar-refractivity contribution in [1.82, 2.24) is 15.1 Å². The minimum Gasteiger partial charge on any atom is -0.480 e. The maximum absolute atomic E-state index is 12.4. The molecule has 0 radical (unpaired) electrons. The number of aliphatic carboxylic acids is 1. The van der Waals surface area contributed by atoms with E-state index in [0.717, 1.165) is 48.4 Å². The molecule has 1 atom stereocenters. The quantitative estimate of drug-likeness (QED) is 0.514. The number of nitrogens with zero attached hydrogens (tertiary/aromatic N) is 2. The molecule has 4 rings (SSSR count). The second-order valence-electron chi connectivity index (χ2n) is 8.89. The first-order chi connectivity index (χ1) is 16.9. The fraction of sp³-hybridized carbons (Fsp3) is 0.423. The number of alkyl carbamates (subject to hydrolysis) is 1. The zero-order valence-electron chi connectivity index (χ0n) is 19.8. The van der Waals surface area contributed by atoms with Crippen molar-refractivity contribution in [3.8, 4) is 11.1 Å². The Morgan fingerprint density at radius 1 is 1.03 bits per heavy atom. The third kappa shape index (κ3) is 6.15. The van der Waals surface area contributed by atoms with Crippen molar-refractivity contribution in [3.05, 3.63) is 59.7 Å². The average molecular weight is 498 g/mol. The van der Waals surface area contributed by atoms with Crippen LogP contribution in [0.15, 0.2) is 48.5 Å². The van der Waals surface area contributed by atoms with Crippen molar-refractivity contribution >= 4 is 29.7 Å². The van der Waals surface area contributed by atoms with Crippen LogP contribution in [0.2, 0.25) is 0 Å². The molecule has 0 bridgehead atoms. The summed E-state index contributed by atoms with van der Waals surface area (Å²) in [7, 11) is 2.03. The maximum atomic E-state index is 12.4. The zero-order chi connectivity index (χ0) is 24.8. The summed E-state index contributed by atoms with van der Waals surface area (Å²) in [6.45, 7) is 3.29. The number of benzene rings is 2. The SMILES string of the molecule is CN1CCN(C(=O)CSCCC(NC(=O)OCC2c3ccccc3-c3ccccc32)C(=O)O)CC1. The summed E-state index contributed by atoms with van der Waals surface area (Å²) < 4.78 is 5.47. The van der Waals surface area contributed by atoms with E-state index >= 15 is 0 Å². The first kappa shape index (κ1) is 25.1. The van der Waals surface area contributed by atoms with Gasteiger partial charge in [-0.1, -0.05) is 48.5 Å². The van der Waals surface area contributed by atoms with Crippen LogP contribution in [0, 0.1) is 0 Å². The van der Waals surface area contributed by atoms with Gasteiger partial charge in [0.15, 0.2) is 0 Å². The number of amides is 2. The lowest BCUT2D eigenvalue weighted by Gasteiger charge is -2.32. The van der Waals surface area contributed by atoms with Gasteiger partial charge in [-0.15, -0.1) is 0 Å². The highest BCUT2D eigenvalue weighted by atomic mass is 32.2. The first-order valence-corrected chi connectivity index (χ1v) is 13.0. The predicted octanol–water partition coefficient (Wildman–Crippen LogP) is 2.88. The normalized spacial score (nSPS) is 16.3. The Morgan fingerprint density at radius 2 is 1.63 bits per heavy atom. The molecule has 1 heterocycles. The molecule has 2 amide bonds. The molecule has 35 heavy (non-hydrogen) atoms. The van der Waals surface area contributed by atoms with Crippen LogP contribution in [-0.4, -0.2) is 90.3 Å². The molecule has 2 N–H and O–H groups in total. The number of fused-ring (bicyclic) bond motifs is 3. The number of hydrogen-bond acceptors (Lipinski definition) is 6. The Labute approximate surface area is 209 Å². The van der Waals surface area contributed by atoms with Crippen LogP contribution >= 0.6 is 11.8 Å². The van der Waals surface area contributed by atoms with E-state index in [-0.39, 0.29) is 24.9 Å². The molecule has 2 aliphatic rings. The monoisotopic (exact) mass is 497 g/mol. The second-order valence-corrected chi connectivity index (χ2v) is 9.99. The van der Waals surface area contributed by atoms with E-state index in [1.165, 1.54) is 11.8 Å². The average Bonchev–Trinajstić information content (AvgIpc) is 3.18. The van der Waals surface area contributed by atoms with Crippen molar-refractivity contribution in [2.75, 3.05) is 51.3 Å². The third-order valence-corrected chi connectivity index (χ3v) is 7.54. The Kier molecular flexibility index (Phi) is 8.30. The molecule has 2 aromatic rings. The summed E-state index contributed by atoms with van der Waals surface area (Å²) >= 11 is 1.39. The van der Waals surface area contributed by atoms with Crippen molar-refractivity contribution < 1.29 is 24.2 Å². The number of carboxylic acid groups (broad SMARTS) is 1. The lowest BCUT2D eigenvalue weighted by atomic mass is 9.98. The van der Waals surface area contributed by atoms with Crippen LogP contribution in [0.4, 0.5) is 4.79 Å². The van der Waals surface area contributed by atoms with Crippen LogP contribution in [0.5, 0.6) is 0 Å². The summed E-state index contributed by atoms with van der Waals surface area (Å²) in [5.74, 6) is -0.391. The van der Waals surface area contributed by atoms with Gasteiger partial charge in [-0.3, -0.25) is 4.79 Å². The molecule has 1 aliphatic heterocycles.